The number of hydrogen-bond donors (Lipinski definition) is 2. The molecule has 1 rings (SSSR count). The zero-order chi connectivity index (χ0) is 9.84. The van der Waals surface area contributed by atoms with Gasteiger partial charge in [0.05, 0.1) is 12.0 Å². The van der Waals surface area contributed by atoms with Crippen molar-refractivity contribution in [3.05, 3.63) is 29.8 Å². The minimum Gasteiger partial charge on any atom is -0.423 e. The summed E-state index contributed by atoms with van der Waals surface area (Å²) in [5.41, 5.74) is 1.32. The summed E-state index contributed by atoms with van der Waals surface area (Å²) in [6.45, 7) is 1.80. The molecule has 0 bridgehead atoms. The second kappa shape index (κ2) is 4.08. The van der Waals surface area contributed by atoms with Gasteiger partial charge in [-0.1, -0.05) is 24.3 Å². The van der Waals surface area contributed by atoms with Crippen LogP contribution in [0.25, 0.3) is 0 Å². The Hall–Kier alpha value is -1.31. The average molecular weight is 175 g/mol. The van der Waals surface area contributed by atoms with Crippen LogP contribution in [0.15, 0.2) is 24.3 Å². The fraction of sp³-hybridized carbons (Fsp3) is 0.222. The summed E-state index contributed by atoms with van der Waals surface area (Å²) in [5, 5.41) is 26.2. The summed E-state index contributed by atoms with van der Waals surface area (Å²) in [6, 6.07) is 8.76. The van der Waals surface area contributed by atoms with Crippen LogP contribution in [0.3, 0.4) is 0 Å². The van der Waals surface area contributed by atoms with Crippen LogP contribution in [0, 0.1) is 11.3 Å². The molecular weight excluding hydrogens is 165 g/mol. The van der Waals surface area contributed by atoms with E-state index in [9.17, 15) is 0 Å². The van der Waals surface area contributed by atoms with Crippen LogP contribution in [-0.2, 0) is 0 Å². The highest BCUT2D eigenvalue weighted by Crippen LogP contribution is 2.11. The second-order valence-corrected chi connectivity index (χ2v) is 2.89. The molecule has 2 N–H and O–H groups in total. The van der Waals surface area contributed by atoms with Crippen molar-refractivity contribution >= 4 is 12.6 Å². The van der Waals surface area contributed by atoms with Crippen molar-refractivity contribution in [3.8, 4) is 6.07 Å². The fourth-order valence-electron chi connectivity index (χ4n) is 1.03. The highest BCUT2D eigenvalue weighted by atomic mass is 16.4. The lowest BCUT2D eigenvalue weighted by Gasteiger charge is -2.03. The molecule has 0 aliphatic rings. The third-order valence-electron chi connectivity index (χ3n) is 1.93. The molecule has 1 aromatic rings. The molecule has 3 nitrogen and oxygen atoms in total. The maximum atomic E-state index is 8.80. The molecular formula is C9H10BNO2. The molecule has 13 heavy (non-hydrogen) atoms. The Morgan fingerprint density at radius 3 is 2.23 bits per heavy atom. The Morgan fingerprint density at radius 1 is 1.31 bits per heavy atom. The number of rotatable bonds is 2. The predicted octanol–water partition coefficient (Wildman–Crippen LogP) is -0.00652. The number of nitriles is 1. The molecule has 0 saturated heterocycles. The van der Waals surface area contributed by atoms with E-state index < -0.39 is 7.12 Å². The molecule has 0 fully saturated rings. The minimum atomic E-state index is -1.44. The van der Waals surface area contributed by atoms with Gasteiger partial charge in [-0.05, 0) is 17.9 Å². The molecule has 1 atom stereocenters. The van der Waals surface area contributed by atoms with E-state index in [-0.39, 0.29) is 5.92 Å². The van der Waals surface area contributed by atoms with E-state index in [2.05, 4.69) is 6.07 Å². The Kier molecular flexibility index (Phi) is 3.07. The lowest BCUT2D eigenvalue weighted by molar-refractivity contribution is 0.426. The first-order valence-electron chi connectivity index (χ1n) is 4.00. The van der Waals surface area contributed by atoms with Crippen LogP contribution in [-0.4, -0.2) is 17.2 Å². The normalized spacial score (nSPS) is 11.8. The predicted molar refractivity (Wildman–Crippen MR) is 50.3 cm³/mol. The molecule has 0 aromatic heterocycles. The van der Waals surface area contributed by atoms with E-state index in [1.54, 1.807) is 31.2 Å². The van der Waals surface area contributed by atoms with Crippen molar-refractivity contribution in [1.29, 1.82) is 5.26 Å². The summed E-state index contributed by atoms with van der Waals surface area (Å²) in [6.07, 6.45) is 0. The van der Waals surface area contributed by atoms with E-state index in [1.165, 1.54) is 0 Å². The van der Waals surface area contributed by atoms with Crippen LogP contribution >= 0.6 is 0 Å². The SMILES string of the molecule is CC(C#N)c1ccc(B(O)O)cc1. The van der Waals surface area contributed by atoms with Crippen LogP contribution in [0.4, 0.5) is 0 Å². The molecule has 0 heterocycles. The standard InChI is InChI=1S/C9H10BNO2/c1-7(6-11)8-2-4-9(5-3-8)10(12)13/h2-5,7,12-13H,1H3. The first kappa shape index (κ1) is 9.78. The molecule has 1 unspecified atom stereocenters. The Balaban J connectivity index is 2.89. The molecule has 0 spiro atoms. The smallest absolute Gasteiger partial charge is 0.423 e. The minimum absolute atomic E-state index is 0.162. The van der Waals surface area contributed by atoms with Crippen molar-refractivity contribution in [2.75, 3.05) is 0 Å². The lowest BCUT2D eigenvalue weighted by atomic mass is 9.79. The van der Waals surface area contributed by atoms with Gasteiger partial charge in [0.15, 0.2) is 0 Å². The molecule has 0 amide bonds. The fourth-order valence-corrected chi connectivity index (χ4v) is 1.03. The van der Waals surface area contributed by atoms with Gasteiger partial charge >= 0.3 is 7.12 Å². The zero-order valence-corrected chi connectivity index (χ0v) is 7.31. The van der Waals surface area contributed by atoms with Crippen molar-refractivity contribution < 1.29 is 10.0 Å². The lowest BCUT2D eigenvalue weighted by Crippen LogP contribution is -2.29. The van der Waals surface area contributed by atoms with Crippen molar-refractivity contribution in [2.24, 2.45) is 0 Å². The number of nitrogens with zero attached hydrogens (tertiary/aromatic N) is 1. The van der Waals surface area contributed by atoms with Crippen molar-refractivity contribution in [3.63, 3.8) is 0 Å². The average Bonchev–Trinajstić information content (AvgIpc) is 2.17. The molecule has 0 aliphatic carbocycles. The Bertz CT molecular complexity index is 315. The van der Waals surface area contributed by atoms with Crippen LogP contribution in [0.1, 0.15) is 18.4 Å². The quantitative estimate of drug-likeness (QED) is 0.621. The highest BCUT2D eigenvalue weighted by Gasteiger charge is 2.10. The topological polar surface area (TPSA) is 64.2 Å². The number of hydrogen-bond acceptors (Lipinski definition) is 3. The van der Waals surface area contributed by atoms with Gasteiger partial charge in [0.25, 0.3) is 0 Å². The summed E-state index contributed by atoms with van der Waals surface area (Å²) < 4.78 is 0. The maximum Gasteiger partial charge on any atom is 0.488 e. The van der Waals surface area contributed by atoms with Crippen molar-refractivity contribution in [1.82, 2.24) is 0 Å². The molecule has 1 aromatic carbocycles. The van der Waals surface area contributed by atoms with E-state index >= 15 is 0 Å². The summed E-state index contributed by atoms with van der Waals surface area (Å²) >= 11 is 0. The van der Waals surface area contributed by atoms with Crippen molar-refractivity contribution in [2.45, 2.75) is 12.8 Å². The van der Waals surface area contributed by atoms with Gasteiger partial charge in [-0.3, -0.25) is 0 Å². The third kappa shape index (κ3) is 2.31. The highest BCUT2D eigenvalue weighted by molar-refractivity contribution is 6.58. The molecule has 4 heteroatoms. The van der Waals surface area contributed by atoms with E-state index in [0.717, 1.165) is 5.56 Å². The summed E-state index contributed by atoms with van der Waals surface area (Å²) in [4.78, 5) is 0. The Morgan fingerprint density at radius 2 is 1.85 bits per heavy atom. The van der Waals surface area contributed by atoms with E-state index in [1.807, 2.05) is 0 Å². The maximum absolute atomic E-state index is 8.80. The van der Waals surface area contributed by atoms with Gasteiger partial charge in [0.2, 0.25) is 0 Å². The molecule has 0 aliphatic heterocycles. The number of benzene rings is 1. The van der Waals surface area contributed by atoms with Crippen LogP contribution in [0.5, 0.6) is 0 Å². The van der Waals surface area contributed by atoms with E-state index in [0.29, 0.717) is 5.46 Å². The van der Waals surface area contributed by atoms with Gasteiger partial charge in [0, 0.05) is 0 Å². The largest absolute Gasteiger partial charge is 0.488 e. The van der Waals surface area contributed by atoms with Gasteiger partial charge in [-0.2, -0.15) is 5.26 Å². The Labute approximate surface area is 77.4 Å². The van der Waals surface area contributed by atoms with Crippen LogP contribution in [0.2, 0.25) is 0 Å². The molecule has 0 saturated carbocycles. The zero-order valence-electron chi connectivity index (χ0n) is 7.31. The van der Waals surface area contributed by atoms with Crippen LogP contribution < -0.4 is 5.46 Å². The van der Waals surface area contributed by atoms with Gasteiger partial charge in [-0.15, -0.1) is 0 Å². The monoisotopic (exact) mass is 175 g/mol. The summed E-state index contributed by atoms with van der Waals surface area (Å²) in [7, 11) is -1.44. The molecule has 66 valence electrons. The summed E-state index contributed by atoms with van der Waals surface area (Å²) in [5.74, 6) is -0.162. The first-order valence-corrected chi connectivity index (χ1v) is 4.00. The first-order chi connectivity index (χ1) is 6.15. The van der Waals surface area contributed by atoms with E-state index in [4.69, 9.17) is 15.3 Å². The van der Waals surface area contributed by atoms with Gasteiger partial charge in [-0.25, -0.2) is 0 Å². The van der Waals surface area contributed by atoms with Gasteiger partial charge in [0.1, 0.15) is 0 Å². The van der Waals surface area contributed by atoms with Gasteiger partial charge < -0.3 is 10.0 Å². The third-order valence-corrected chi connectivity index (χ3v) is 1.93. The molecule has 0 radical (unpaired) electrons. The second-order valence-electron chi connectivity index (χ2n) is 2.89.